The molecule has 11 rings (SSSR count). The van der Waals surface area contributed by atoms with Crippen LogP contribution in [0.5, 0.6) is 0 Å². The molecule has 7 aromatic carbocycles. The maximum atomic E-state index is 12.9. The average molecular weight is 649 g/mol. The lowest BCUT2D eigenvalue weighted by Crippen LogP contribution is -2.01. The van der Waals surface area contributed by atoms with Gasteiger partial charge in [0.2, 0.25) is 0 Å². The number of carbonyl (C=O) groups excluding carboxylic acids is 1. The molecule has 0 saturated heterocycles. The van der Waals surface area contributed by atoms with E-state index in [2.05, 4.69) is 140 Å². The van der Waals surface area contributed by atoms with Gasteiger partial charge in [-0.25, -0.2) is 0 Å². The molecule has 1 heteroatoms. The van der Waals surface area contributed by atoms with E-state index in [-0.39, 0.29) is 5.78 Å². The van der Waals surface area contributed by atoms with Crippen LogP contribution in [0.25, 0.3) is 89.0 Å². The average Bonchev–Trinajstić information content (AvgIpc) is 3.87. The summed E-state index contributed by atoms with van der Waals surface area (Å²) in [6.07, 6.45) is 0. The highest BCUT2D eigenvalue weighted by Crippen LogP contribution is 2.54. The number of fused-ring (bicyclic) bond motifs is 6. The number of hydrogen-bond acceptors (Lipinski definition) is 1. The summed E-state index contributed by atoms with van der Waals surface area (Å²) in [7, 11) is 0. The Morgan fingerprint density at radius 3 is 1.33 bits per heavy atom. The van der Waals surface area contributed by atoms with Crippen LogP contribution in [0.1, 0.15) is 23.6 Å². The first-order valence-electron chi connectivity index (χ1n) is 17.5. The fourth-order valence-corrected chi connectivity index (χ4v) is 8.79. The second-order valence-corrected chi connectivity index (χ2v) is 13.6. The van der Waals surface area contributed by atoms with Crippen molar-refractivity contribution in [2.75, 3.05) is 0 Å². The van der Waals surface area contributed by atoms with E-state index in [4.69, 9.17) is 0 Å². The van der Waals surface area contributed by atoms with E-state index in [1.54, 1.807) is 0 Å². The third-order valence-electron chi connectivity index (χ3n) is 10.9. The summed E-state index contributed by atoms with van der Waals surface area (Å²) < 4.78 is 0. The fourth-order valence-electron chi connectivity index (χ4n) is 8.79. The van der Waals surface area contributed by atoms with Crippen molar-refractivity contribution >= 4 is 61.4 Å². The van der Waals surface area contributed by atoms with Crippen molar-refractivity contribution in [1.29, 1.82) is 0 Å². The van der Waals surface area contributed by atoms with E-state index < -0.39 is 0 Å². The van der Waals surface area contributed by atoms with E-state index in [1.807, 2.05) is 37.3 Å². The van der Waals surface area contributed by atoms with Crippen molar-refractivity contribution in [2.24, 2.45) is 0 Å². The molecule has 7 aromatic rings. The first-order valence-corrected chi connectivity index (χ1v) is 17.5. The smallest absolute Gasteiger partial charge is 0.190 e. The Kier molecular flexibility index (Phi) is 6.47. The van der Waals surface area contributed by atoms with Crippen LogP contribution in [0.4, 0.5) is 0 Å². The third kappa shape index (κ3) is 4.19. The van der Waals surface area contributed by atoms with Crippen molar-refractivity contribution < 1.29 is 4.79 Å². The van der Waals surface area contributed by atoms with Gasteiger partial charge in [-0.15, -0.1) is 0 Å². The normalized spacial score (nSPS) is 13.5. The summed E-state index contributed by atoms with van der Waals surface area (Å²) in [5, 5.41) is 8.96. The van der Waals surface area contributed by atoms with E-state index >= 15 is 0 Å². The highest BCUT2D eigenvalue weighted by molar-refractivity contribution is 6.50. The molecular weight excluding hydrogens is 617 g/mol. The summed E-state index contributed by atoms with van der Waals surface area (Å²) in [5.74, 6) is 0.160. The molecule has 0 radical (unpaired) electrons. The standard InChI is InChI=1S/C28H18.C22H14O/c1-18-24(19-10-4-2-5-11-19)27-22-16-8-14-21-15-9-17-23(26(21)22)28(27)25(18)20-12-6-3-7-13-20;1-13-18-16-11-5-9-14-10-6-12-17(19(14)16)21(18)20(22(13)23)15-7-3-2-4-8-15/h2-17H,1H2;2-12H,1H3. The summed E-state index contributed by atoms with van der Waals surface area (Å²) in [6, 6.07) is 57.4. The van der Waals surface area contributed by atoms with Crippen molar-refractivity contribution in [2.45, 2.75) is 6.92 Å². The van der Waals surface area contributed by atoms with Crippen molar-refractivity contribution in [3.63, 3.8) is 0 Å². The Hall–Kier alpha value is -6.57. The Balaban J connectivity index is 0.000000131. The minimum Gasteiger partial charge on any atom is -0.289 e. The minimum absolute atomic E-state index is 0.160. The van der Waals surface area contributed by atoms with E-state index in [1.165, 1.54) is 76.8 Å². The number of hydrogen-bond donors (Lipinski definition) is 0. The number of ketones is 1. The number of benzene rings is 7. The van der Waals surface area contributed by atoms with Crippen molar-refractivity contribution in [3.8, 4) is 33.4 Å². The fraction of sp³-hybridized carbons (Fsp3) is 0.0200. The highest BCUT2D eigenvalue weighted by atomic mass is 16.1. The third-order valence-corrected chi connectivity index (χ3v) is 10.9. The molecule has 0 aliphatic heterocycles. The highest BCUT2D eigenvalue weighted by Gasteiger charge is 2.37. The molecule has 0 unspecified atom stereocenters. The second-order valence-electron chi connectivity index (χ2n) is 13.6. The van der Waals surface area contributed by atoms with Crippen LogP contribution in [0.2, 0.25) is 0 Å². The van der Waals surface area contributed by atoms with Gasteiger partial charge in [0.15, 0.2) is 5.78 Å². The molecule has 0 N–H and O–H groups in total. The molecule has 0 saturated carbocycles. The van der Waals surface area contributed by atoms with E-state index in [0.29, 0.717) is 0 Å². The van der Waals surface area contributed by atoms with Gasteiger partial charge in [0, 0.05) is 16.7 Å². The molecule has 238 valence electrons. The molecule has 0 atom stereocenters. The molecule has 0 fully saturated rings. The molecule has 0 amide bonds. The lowest BCUT2D eigenvalue weighted by molar-refractivity contribution is -0.110. The first-order chi connectivity index (χ1) is 25.1. The molecule has 4 aliphatic carbocycles. The second kappa shape index (κ2) is 11.2. The monoisotopic (exact) mass is 648 g/mol. The van der Waals surface area contributed by atoms with Crippen LogP contribution >= 0.6 is 0 Å². The molecule has 1 nitrogen and oxygen atoms in total. The predicted octanol–water partition coefficient (Wildman–Crippen LogP) is 12.1. The maximum absolute atomic E-state index is 12.9. The van der Waals surface area contributed by atoms with Crippen molar-refractivity contribution in [1.82, 2.24) is 0 Å². The minimum atomic E-state index is 0.160. The van der Waals surface area contributed by atoms with Crippen LogP contribution in [0.15, 0.2) is 169 Å². The summed E-state index contributed by atoms with van der Waals surface area (Å²) >= 11 is 0. The van der Waals surface area contributed by atoms with Gasteiger partial charge in [-0.05, 0) is 100 Å². The number of allylic oxidation sites excluding steroid dienone is 4. The largest absolute Gasteiger partial charge is 0.289 e. The van der Waals surface area contributed by atoms with Crippen molar-refractivity contribution in [3.05, 3.63) is 191 Å². The Morgan fingerprint density at radius 1 is 0.392 bits per heavy atom. The van der Waals surface area contributed by atoms with Gasteiger partial charge in [0.05, 0.1) is 0 Å². The van der Waals surface area contributed by atoms with Crippen LogP contribution in [0, 0.1) is 0 Å². The Bertz CT molecular complexity index is 2800. The lowest BCUT2D eigenvalue weighted by atomic mass is 9.95. The first kappa shape index (κ1) is 29.4. The van der Waals surface area contributed by atoms with Gasteiger partial charge < -0.3 is 0 Å². The van der Waals surface area contributed by atoms with Gasteiger partial charge in [0.25, 0.3) is 0 Å². The SMILES string of the molecule is C=c1c(-c2ccccc2)c2c3cccc4cccc(c-2c1-c1ccccc1)c43.CC1=C2C(=C(c3ccccc3)C1=O)c1cccc3cccc2c13. The van der Waals surface area contributed by atoms with Gasteiger partial charge in [-0.3, -0.25) is 4.79 Å². The van der Waals surface area contributed by atoms with Gasteiger partial charge in [-0.2, -0.15) is 0 Å². The number of rotatable bonds is 3. The molecule has 51 heavy (non-hydrogen) atoms. The Labute approximate surface area is 296 Å². The zero-order chi connectivity index (χ0) is 34.2. The van der Waals surface area contributed by atoms with Crippen LogP contribution in [0.3, 0.4) is 0 Å². The van der Waals surface area contributed by atoms with Gasteiger partial charge in [0.1, 0.15) is 0 Å². The molecule has 0 bridgehead atoms. The predicted molar refractivity (Wildman–Crippen MR) is 216 cm³/mol. The van der Waals surface area contributed by atoms with Gasteiger partial charge in [-0.1, -0.05) is 170 Å². The molecule has 0 aromatic heterocycles. The zero-order valence-corrected chi connectivity index (χ0v) is 28.2. The molecule has 0 spiro atoms. The maximum Gasteiger partial charge on any atom is 0.190 e. The van der Waals surface area contributed by atoms with E-state index in [0.717, 1.165) is 33.1 Å². The zero-order valence-electron chi connectivity index (χ0n) is 28.2. The quantitative estimate of drug-likeness (QED) is 0.186. The molecular formula is C50H32O. The van der Waals surface area contributed by atoms with Crippen LogP contribution in [-0.4, -0.2) is 5.78 Å². The summed E-state index contributed by atoms with van der Waals surface area (Å²) in [6.45, 7) is 6.53. The molecule has 4 aliphatic rings. The van der Waals surface area contributed by atoms with Crippen LogP contribution < -0.4 is 5.22 Å². The number of Topliss-reactive ketones (excluding diaryl/α,β-unsaturated/α-hetero) is 1. The lowest BCUT2D eigenvalue weighted by Gasteiger charge is -2.07. The van der Waals surface area contributed by atoms with Crippen LogP contribution in [-0.2, 0) is 4.79 Å². The molecule has 0 heterocycles. The Morgan fingerprint density at radius 2 is 0.824 bits per heavy atom. The van der Waals surface area contributed by atoms with Gasteiger partial charge >= 0.3 is 0 Å². The van der Waals surface area contributed by atoms with E-state index in [9.17, 15) is 4.79 Å². The number of carbonyl (C=O) groups is 1. The topological polar surface area (TPSA) is 17.1 Å². The summed E-state index contributed by atoms with van der Waals surface area (Å²) in [4.78, 5) is 12.9. The summed E-state index contributed by atoms with van der Waals surface area (Å²) in [5.41, 5.74) is 15.0.